The van der Waals surface area contributed by atoms with Gasteiger partial charge in [0.25, 0.3) is 0 Å². The molecule has 11 rings (SSSR count). The minimum absolute atomic E-state index is 0. The fraction of sp³-hybridized carbons (Fsp3) is 0.172. The van der Waals surface area contributed by atoms with Crippen LogP contribution in [0.25, 0.3) is 94.4 Å². The first-order chi connectivity index (χ1) is 31.0. The Kier molecular flexibility index (Phi) is 10.6. The average molecular weight is 1030 g/mol. The Labute approximate surface area is 393 Å². The third kappa shape index (κ3) is 7.34. The van der Waals surface area contributed by atoms with E-state index in [0.717, 1.165) is 55.1 Å². The predicted molar refractivity (Wildman–Crippen MR) is 261 cm³/mol. The SMILES string of the molecule is CC(C)c1cc(-c2ccccc2)cc(C(C)C)c1-c1cccc2nc(-c3[c-]c(Oc4[c-]c5c(cc4)c4ccccc4n5-c4cc(C(C)(C)C)ccn4)cc4c3oc3ccccc34)oc12.[Pt+2]. The summed E-state index contributed by atoms with van der Waals surface area (Å²) in [6.07, 6.45) is 1.89. The number of hydrogen-bond donors (Lipinski definition) is 0. The molecule has 7 aromatic carbocycles. The summed E-state index contributed by atoms with van der Waals surface area (Å²) in [6.45, 7) is 15.7. The molecule has 11 aromatic rings. The van der Waals surface area contributed by atoms with Crippen molar-refractivity contribution in [3.05, 3.63) is 175 Å². The zero-order valence-corrected chi connectivity index (χ0v) is 39.7. The van der Waals surface area contributed by atoms with Crippen molar-refractivity contribution < 1.29 is 34.6 Å². The van der Waals surface area contributed by atoms with Gasteiger partial charge in [-0.15, -0.1) is 17.5 Å². The van der Waals surface area contributed by atoms with Crippen LogP contribution in [-0.2, 0) is 26.5 Å². The normalized spacial score (nSPS) is 12.1. The minimum atomic E-state index is -0.0453. The standard InChI is InChI=1S/C58H47N3O3.Pt/c1-34(2)45-28-37(36-16-9-8-10-17-36)29-46(35(3)4)54(45)44-20-15-21-49-56(44)64-57(60-49)48-32-40(31-47-43-19-12-14-23-52(43)63-55(47)48)62-39-24-25-42-41-18-11-13-22-50(41)61(51(42)33-39)53-30-38(26-27-59-53)58(5,6)7;/h8-31,34-35H,1-7H3;/q-2;+2. The molecule has 0 fully saturated rings. The van der Waals surface area contributed by atoms with Gasteiger partial charge in [-0.3, -0.25) is 4.98 Å². The fourth-order valence-corrected chi connectivity index (χ4v) is 9.20. The third-order valence-electron chi connectivity index (χ3n) is 12.5. The second kappa shape index (κ2) is 16.4. The summed E-state index contributed by atoms with van der Waals surface area (Å²) in [5.41, 5.74) is 13.7. The third-order valence-corrected chi connectivity index (χ3v) is 12.5. The molecule has 0 aliphatic carbocycles. The smallest absolute Gasteiger partial charge is 0.503 e. The van der Waals surface area contributed by atoms with Crippen molar-refractivity contribution in [3.63, 3.8) is 0 Å². The van der Waals surface area contributed by atoms with E-state index in [-0.39, 0.29) is 38.3 Å². The molecule has 0 unspecified atom stereocenters. The van der Waals surface area contributed by atoms with Gasteiger partial charge in [-0.05, 0) is 91.9 Å². The molecule has 0 bridgehead atoms. The molecule has 0 spiro atoms. The van der Waals surface area contributed by atoms with Crippen molar-refractivity contribution in [3.8, 4) is 51.0 Å². The first kappa shape index (κ1) is 42.2. The molecule has 4 aromatic heterocycles. The van der Waals surface area contributed by atoms with E-state index in [4.69, 9.17) is 23.5 Å². The minimum Gasteiger partial charge on any atom is -0.503 e. The maximum Gasteiger partial charge on any atom is 2.00 e. The largest absolute Gasteiger partial charge is 2.00 e. The van der Waals surface area contributed by atoms with Crippen molar-refractivity contribution in [2.24, 2.45) is 0 Å². The van der Waals surface area contributed by atoms with Crippen LogP contribution in [0, 0.1) is 12.1 Å². The summed E-state index contributed by atoms with van der Waals surface area (Å²) in [4.78, 5) is 10.0. The Morgan fingerprint density at radius 3 is 2.09 bits per heavy atom. The number of nitrogens with zero attached hydrogens (tertiary/aromatic N) is 3. The molecular weight excluding hydrogens is 982 g/mol. The maximum absolute atomic E-state index is 6.95. The van der Waals surface area contributed by atoms with Crippen LogP contribution in [-0.4, -0.2) is 14.5 Å². The van der Waals surface area contributed by atoms with E-state index in [9.17, 15) is 0 Å². The van der Waals surface area contributed by atoms with Gasteiger partial charge in [-0.2, -0.15) is 6.07 Å². The van der Waals surface area contributed by atoms with Crippen LogP contribution < -0.4 is 4.74 Å². The Hall–Kier alpha value is -6.75. The molecule has 7 heteroatoms. The zero-order valence-electron chi connectivity index (χ0n) is 37.4. The van der Waals surface area contributed by atoms with Gasteiger partial charge in [0.2, 0.25) is 0 Å². The van der Waals surface area contributed by atoms with E-state index in [2.05, 4.69) is 168 Å². The zero-order chi connectivity index (χ0) is 43.9. The molecule has 4 heterocycles. The molecule has 0 radical (unpaired) electrons. The van der Waals surface area contributed by atoms with E-state index in [1.807, 2.05) is 42.6 Å². The summed E-state index contributed by atoms with van der Waals surface area (Å²) < 4.78 is 22.5. The summed E-state index contributed by atoms with van der Waals surface area (Å²) in [7, 11) is 0. The van der Waals surface area contributed by atoms with Gasteiger partial charge in [-0.25, -0.2) is 4.98 Å². The van der Waals surface area contributed by atoms with E-state index in [1.54, 1.807) is 0 Å². The monoisotopic (exact) mass is 1030 g/mol. The number of aromatic nitrogens is 3. The summed E-state index contributed by atoms with van der Waals surface area (Å²) in [5, 5.41) is 4.01. The number of benzene rings is 7. The van der Waals surface area contributed by atoms with Gasteiger partial charge in [0.15, 0.2) is 0 Å². The van der Waals surface area contributed by atoms with Crippen LogP contribution in [0.3, 0.4) is 0 Å². The number of rotatable bonds is 8. The molecule has 0 atom stereocenters. The molecule has 0 N–H and O–H groups in total. The van der Waals surface area contributed by atoms with Gasteiger partial charge in [-0.1, -0.05) is 162 Å². The van der Waals surface area contributed by atoms with Crippen molar-refractivity contribution in [1.29, 1.82) is 0 Å². The summed E-state index contributed by atoms with van der Waals surface area (Å²) in [6, 6.07) is 55.5. The van der Waals surface area contributed by atoms with Gasteiger partial charge < -0.3 is 18.1 Å². The molecule has 65 heavy (non-hydrogen) atoms. The number of para-hydroxylation sites is 3. The number of fused-ring (bicyclic) bond motifs is 7. The summed E-state index contributed by atoms with van der Waals surface area (Å²) >= 11 is 0. The summed E-state index contributed by atoms with van der Waals surface area (Å²) in [5.74, 6) is 2.78. The number of pyridine rings is 1. The van der Waals surface area contributed by atoms with E-state index in [0.29, 0.717) is 34.1 Å². The van der Waals surface area contributed by atoms with Crippen LogP contribution in [0.5, 0.6) is 11.5 Å². The molecule has 0 aliphatic rings. The van der Waals surface area contributed by atoms with E-state index < -0.39 is 0 Å². The Bertz CT molecular complexity index is 3560. The van der Waals surface area contributed by atoms with Crippen LogP contribution in [0.2, 0.25) is 0 Å². The molecule has 0 amide bonds. The number of furan rings is 1. The first-order valence-electron chi connectivity index (χ1n) is 22.1. The van der Waals surface area contributed by atoms with Gasteiger partial charge in [0.05, 0.1) is 11.1 Å². The van der Waals surface area contributed by atoms with Crippen LogP contribution in [0.15, 0.2) is 155 Å². The van der Waals surface area contributed by atoms with Gasteiger partial charge in [0, 0.05) is 34.2 Å². The molecule has 322 valence electrons. The Balaban J connectivity index is 0.00000498. The maximum atomic E-state index is 6.95. The first-order valence-corrected chi connectivity index (χ1v) is 22.1. The molecule has 0 aliphatic heterocycles. The molecule has 0 saturated heterocycles. The van der Waals surface area contributed by atoms with Gasteiger partial charge >= 0.3 is 21.1 Å². The van der Waals surface area contributed by atoms with Crippen molar-refractivity contribution in [2.45, 2.75) is 65.7 Å². The number of hydrogen-bond acceptors (Lipinski definition) is 5. The average Bonchev–Trinajstić information content (AvgIpc) is 4.00. The van der Waals surface area contributed by atoms with Crippen molar-refractivity contribution in [2.75, 3.05) is 0 Å². The molecular formula is C58H47N3O3Pt. The number of oxazole rings is 1. The number of ether oxygens (including phenoxy) is 1. The van der Waals surface area contributed by atoms with Crippen LogP contribution in [0.1, 0.15) is 77.0 Å². The van der Waals surface area contributed by atoms with Crippen molar-refractivity contribution >= 4 is 54.8 Å². The molecule has 0 saturated carbocycles. The van der Waals surface area contributed by atoms with Gasteiger partial charge in [0.1, 0.15) is 22.9 Å². The van der Waals surface area contributed by atoms with E-state index in [1.165, 1.54) is 33.4 Å². The van der Waals surface area contributed by atoms with Crippen LogP contribution >= 0.6 is 0 Å². The van der Waals surface area contributed by atoms with Crippen LogP contribution in [0.4, 0.5) is 0 Å². The molecule has 6 nitrogen and oxygen atoms in total. The predicted octanol–water partition coefficient (Wildman–Crippen LogP) is 16.2. The second-order valence-electron chi connectivity index (χ2n) is 18.4. The second-order valence-corrected chi connectivity index (χ2v) is 18.4. The van der Waals surface area contributed by atoms with Crippen molar-refractivity contribution in [1.82, 2.24) is 14.5 Å². The Morgan fingerprint density at radius 1 is 0.615 bits per heavy atom. The fourth-order valence-electron chi connectivity index (χ4n) is 9.20. The quantitative estimate of drug-likeness (QED) is 0.142. The topological polar surface area (TPSA) is 66.2 Å². The van der Waals surface area contributed by atoms with E-state index >= 15 is 0 Å². The Morgan fingerprint density at radius 2 is 1.34 bits per heavy atom.